The highest BCUT2D eigenvalue weighted by molar-refractivity contribution is 9.11. The molecule has 2 nitrogen and oxygen atoms in total. The predicted octanol–water partition coefficient (Wildman–Crippen LogP) is 4.67. The molecule has 0 bridgehead atoms. The molecule has 1 rings (SSSR count). The van der Waals surface area contributed by atoms with Crippen molar-refractivity contribution in [3.8, 4) is 5.75 Å². The molecule has 108 valence electrons. The number of nitrogen functional groups attached to an aromatic ring is 1. The summed E-state index contributed by atoms with van der Waals surface area (Å²) in [7, 11) is 0. The standard InChI is InChI=1S/C9H5Br2F6NO/c10-4-1-3(2-5(11)6(4)18)19-9(16,17)7(12)8(13,14)15/h1-2,7H,18H2. The Morgan fingerprint density at radius 2 is 1.47 bits per heavy atom. The molecule has 0 aromatic heterocycles. The molecule has 0 spiro atoms. The SMILES string of the molecule is Nc1c(Br)cc(OC(F)(F)C(F)C(F)(F)F)cc1Br. The van der Waals surface area contributed by atoms with Crippen LogP contribution in [0.15, 0.2) is 21.1 Å². The Labute approximate surface area is 120 Å². The van der Waals surface area contributed by atoms with Crippen molar-refractivity contribution in [1.82, 2.24) is 0 Å². The molecule has 0 aliphatic rings. The molecule has 0 heterocycles. The molecule has 10 heteroatoms. The Morgan fingerprint density at radius 3 is 1.84 bits per heavy atom. The van der Waals surface area contributed by atoms with E-state index in [-0.39, 0.29) is 14.6 Å². The number of hydrogen-bond donors (Lipinski definition) is 1. The summed E-state index contributed by atoms with van der Waals surface area (Å²) in [5, 5.41) is 0. The molecule has 1 aromatic carbocycles. The zero-order valence-corrected chi connectivity index (χ0v) is 11.9. The third kappa shape index (κ3) is 3.91. The molecule has 0 saturated carbocycles. The Morgan fingerprint density at radius 1 is 1.05 bits per heavy atom. The van der Waals surface area contributed by atoms with Gasteiger partial charge in [0.25, 0.3) is 6.17 Å². The Kier molecular flexibility index (Phi) is 4.66. The van der Waals surface area contributed by atoms with Crippen molar-refractivity contribution in [2.45, 2.75) is 18.5 Å². The van der Waals surface area contributed by atoms with Gasteiger partial charge in [-0.25, -0.2) is 4.39 Å². The number of nitrogens with two attached hydrogens (primary N) is 1. The predicted molar refractivity (Wildman–Crippen MR) is 62.8 cm³/mol. The summed E-state index contributed by atoms with van der Waals surface area (Å²) in [6, 6.07) is 1.80. The van der Waals surface area contributed by atoms with Crippen LogP contribution in [0.1, 0.15) is 0 Å². The smallest absolute Gasteiger partial charge is 0.430 e. The van der Waals surface area contributed by atoms with Gasteiger partial charge in [-0.1, -0.05) is 0 Å². The summed E-state index contributed by atoms with van der Waals surface area (Å²) in [5.41, 5.74) is 5.58. The number of benzene rings is 1. The first-order valence-corrected chi connectivity index (χ1v) is 6.06. The van der Waals surface area contributed by atoms with E-state index in [0.29, 0.717) is 0 Å². The number of rotatable bonds is 3. The second-order valence-corrected chi connectivity index (χ2v) is 5.08. The van der Waals surface area contributed by atoms with E-state index < -0.39 is 24.2 Å². The minimum absolute atomic E-state index is 0.107. The monoisotopic (exact) mass is 415 g/mol. The van der Waals surface area contributed by atoms with Gasteiger partial charge in [0, 0.05) is 8.95 Å². The van der Waals surface area contributed by atoms with Gasteiger partial charge in [0.1, 0.15) is 5.75 Å². The van der Waals surface area contributed by atoms with Gasteiger partial charge in [0.05, 0.1) is 5.69 Å². The lowest BCUT2D eigenvalue weighted by Gasteiger charge is -2.23. The van der Waals surface area contributed by atoms with Crippen molar-refractivity contribution in [1.29, 1.82) is 0 Å². The Hall–Kier alpha value is -0.640. The first kappa shape index (κ1) is 16.4. The molecule has 1 aromatic rings. The second-order valence-electron chi connectivity index (χ2n) is 3.37. The highest BCUT2D eigenvalue weighted by Crippen LogP contribution is 2.39. The van der Waals surface area contributed by atoms with Crippen molar-refractivity contribution in [2.24, 2.45) is 0 Å². The summed E-state index contributed by atoms with van der Waals surface area (Å²) in [4.78, 5) is 0. The van der Waals surface area contributed by atoms with Crippen molar-refractivity contribution in [2.75, 3.05) is 5.73 Å². The molecule has 19 heavy (non-hydrogen) atoms. The summed E-state index contributed by atoms with van der Waals surface area (Å²) in [5.74, 6) is -0.676. The molecule has 0 aliphatic carbocycles. The molecule has 0 saturated heterocycles. The van der Waals surface area contributed by atoms with Crippen LogP contribution in [0.3, 0.4) is 0 Å². The lowest BCUT2D eigenvalue weighted by Crippen LogP contribution is -2.45. The zero-order valence-electron chi connectivity index (χ0n) is 8.74. The normalized spacial score (nSPS) is 14.3. The zero-order chi connectivity index (χ0) is 15.0. The lowest BCUT2D eigenvalue weighted by molar-refractivity contribution is -0.305. The van der Waals surface area contributed by atoms with Crippen molar-refractivity contribution in [3.05, 3.63) is 21.1 Å². The molecule has 0 radical (unpaired) electrons. The van der Waals surface area contributed by atoms with E-state index in [1.807, 2.05) is 0 Å². The summed E-state index contributed by atoms with van der Waals surface area (Å²) in [6.07, 6.45) is -15.2. The van der Waals surface area contributed by atoms with Gasteiger partial charge in [0.2, 0.25) is 0 Å². The molecule has 0 fully saturated rings. The third-order valence-corrected chi connectivity index (χ3v) is 3.20. The fourth-order valence-corrected chi connectivity index (χ4v) is 2.16. The van der Waals surface area contributed by atoms with Gasteiger partial charge in [-0.2, -0.15) is 22.0 Å². The molecule has 2 N–H and O–H groups in total. The first-order chi connectivity index (χ1) is 8.45. The van der Waals surface area contributed by atoms with E-state index in [1.54, 1.807) is 0 Å². The largest absolute Gasteiger partial charge is 0.439 e. The number of alkyl halides is 6. The van der Waals surface area contributed by atoms with E-state index >= 15 is 0 Å². The van der Waals surface area contributed by atoms with Crippen LogP contribution in [0.4, 0.5) is 32.0 Å². The maximum Gasteiger partial charge on any atom is 0.439 e. The molecule has 1 atom stereocenters. The topological polar surface area (TPSA) is 35.2 Å². The molecular weight excluding hydrogens is 412 g/mol. The van der Waals surface area contributed by atoms with Crippen LogP contribution in [0.2, 0.25) is 0 Å². The highest BCUT2D eigenvalue weighted by Gasteiger charge is 2.59. The first-order valence-electron chi connectivity index (χ1n) is 4.47. The number of halogens is 8. The molecule has 0 aliphatic heterocycles. The molecule has 1 unspecified atom stereocenters. The summed E-state index contributed by atoms with van der Waals surface area (Å²) in [6.45, 7) is 0. The Balaban J connectivity index is 3.02. The van der Waals surface area contributed by atoms with E-state index in [9.17, 15) is 26.3 Å². The van der Waals surface area contributed by atoms with Crippen LogP contribution < -0.4 is 10.5 Å². The fraction of sp³-hybridized carbons (Fsp3) is 0.333. The second kappa shape index (κ2) is 5.39. The van der Waals surface area contributed by atoms with Gasteiger partial charge in [-0.15, -0.1) is 0 Å². The lowest BCUT2D eigenvalue weighted by atomic mass is 10.3. The third-order valence-electron chi connectivity index (χ3n) is 1.89. The van der Waals surface area contributed by atoms with Crippen molar-refractivity contribution >= 4 is 37.5 Å². The fourth-order valence-electron chi connectivity index (χ4n) is 1.02. The van der Waals surface area contributed by atoms with Crippen molar-refractivity contribution in [3.63, 3.8) is 0 Å². The minimum atomic E-state index is -5.73. The van der Waals surface area contributed by atoms with Crippen LogP contribution in [-0.2, 0) is 0 Å². The van der Waals surface area contributed by atoms with Gasteiger partial charge in [-0.3, -0.25) is 0 Å². The number of ether oxygens (including phenoxy) is 1. The van der Waals surface area contributed by atoms with E-state index in [4.69, 9.17) is 5.73 Å². The van der Waals surface area contributed by atoms with E-state index in [2.05, 4.69) is 36.6 Å². The maximum atomic E-state index is 13.0. The average molecular weight is 417 g/mol. The van der Waals surface area contributed by atoms with Gasteiger partial charge >= 0.3 is 12.3 Å². The van der Waals surface area contributed by atoms with Crippen LogP contribution in [0.25, 0.3) is 0 Å². The number of anilines is 1. The quantitative estimate of drug-likeness (QED) is 0.574. The van der Waals surface area contributed by atoms with E-state index in [0.717, 1.165) is 12.1 Å². The van der Waals surface area contributed by atoms with Crippen LogP contribution in [0, 0.1) is 0 Å². The summed E-state index contributed by atoms with van der Waals surface area (Å²) < 4.78 is 78.2. The van der Waals surface area contributed by atoms with Crippen LogP contribution in [-0.4, -0.2) is 18.5 Å². The highest BCUT2D eigenvalue weighted by atomic mass is 79.9. The van der Waals surface area contributed by atoms with Crippen LogP contribution in [0.5, 0.6) is 5.75 Å². The number of hydrogen-bond acceptors (Lipinski definition) is 2. The average Bonchev–Trinajstić information content (AvgIpc) is 2.22. The molecular formula is C9H5Br2F6NO. The Bertz CT molecular complexity index is 455. The van der Waals surface area contributed by atoms with Gasteiger partial charge in [-0.05, 0) is 44.0 Å². The van der Waals surface area contributed by atoms with Crippen LogP contribution >= 0.6 is 31.9 Å². The van der Waals surface area contributed by atoms with Gasteiger partial charge in [0.15, 0.2) is 0 Å². The maximum absolute atomic E-state index is 13.0. The van der Waals surface area contributed by atoms with Gasteiger partial charge < -0.3 is 10.5 Å². The van der Waals surface area contributed by atoms with E-state index in [1.165, 1.54) is 0 Å². The molecule has 0 amide bonds. The van der Waals surface area contributed by atoms with Crippen molar-refractivity contribution < 1.29 is 31.1 Å². The summed E-state index contributed by atoms with van der Waals surface area (Å²) >= 11 is 5.77. The minimum Gasteiger partial charge on any atom is -0.430 e.